The summed E-state index contributed by atoms with van der Waals surface area (Å²) in [5.41, 5.74) is 14.8. The molecule has 146 valence electrons. The number of aliphatic hydroxyl groups is 2. The maximum atomic E-state index is 9.87. The van der Waals surface area contributed by atoms with Crippen molar-refractivity contribution in [3.8, 4) is 0 Å². The third kappa shape index (κ3) is 3.94. The summed E-state index contributed by atoms with van der Waals surface area (Å²) in [6.45, 7) is 8.37. The molecule has 0 amide bonds. The standard InChI is InChI=1S/C21H32N2O2.CH4/c1-14(2)20(15(3)4)12-17(9-10-21(20,22)23)19-8-6-5-7-16(19)11-18(25)13-24;/h5-10,12,14-15,18,24-25H,11,13,22-23H2,1-4H3;1H4. The van der Waals surface area contributed by atoms with Crippen LogP contribution in [0, 0.1) is 17.3 Å². The fourth-order valence-electron chi connectivity index (χ4n) is 4.27. The average molecular weight is 361 g/mol. The SMILES string of the molecule is C.CC(C)C1(C(C)C)C=C(c2ccccc2CC(O)CO)C=CC1(N)N. The molecule has 1 unspecified atom stereocenters. The highest BCUT2D eigenvalue weighted by molar-refractivity contribution is 5.78. The van der Waals surface area contributed by atoms with Crippen molar-refractivity contribution in [3.63, 3.8) is 0 Å². The minimum absolute atomic E-state index is 0. The van der Waals surface area contributed by atoms with E-state index >= 15 is 0 Å². The topological polar surface area (TPSA) is 92.5 Å². The van der Waals surface area contributed by atoms with Gasteiger partial charge in [-0.2, -0.15) is 0 Å². The van der Waals surface area contributed by atoms with Gasteiger partial charge in [0.1, 0.15) is 0 Å². The first-order chi connectivity index (χ1) is 11.7. The van der Waals surface area contributed by atoms with Gasteiger partial charge in [-0.3, -0.25) is 0 Å². The van der Waals surface area contributed by atoms with Gasteiger partial charge >= 0.3 is 0 Å². The summed E-state index contributed by atoms with van der Waals surface area (Å²) in [4.78, 5) is 0. The molecule has 4 nitrogen and oxygen atoms in total. The van der Waals surface area contributed by atoms with Gasteiger partial charge in [0.2, 0.25) is 0 Å². The molecule has 1 atom stereocenters. The summed E-state index contributed by atoms with van der Waals surface area (Å²) in [5.74, 6) is 0.523. The van der Waals surface area contributed by atoms with Crippen molar-refractivity contribution >= 4 is 5.57 Å². The molecule has 0 bridgehead atoms. The molecule has 1 aliphatic carbocycles. The molecule has 0 aliphatic heterocycles. The Morgan fingerprint density at radius 2 is 1.62 bits per heavy atom. The van der Waals surface area contributed by atoms with E-state index in [0.717, 1.165) is 16.7 Å². The van der Waals surface area contributed by atoms with Gasteiger partial charge in [0.05, 0.1) is 18.4 Å². The number of hydrogen-bond donors (Lipinski definition) is 4. The monoisotopic (exact) mass is 360 g/mol. The van der Waals surface area contributed by atoms with Crippen molar-refractivity contribution < 1.29 is 10.2 Å². The average Bonchev–Trinajstić information content (AvgIpc) is 2.54. The maximum absolute atomic E-state index is 9.87. The van der Waals surface area contributed by atoms with Crippen molar-refractivity contribution in [3.05, 3.63) is 53.6 Å². The van der Waals surface area contributed by atoms with E-state index in [2.05, 4.69) is 33.8 Å². The number of nitrogens with two attached hydrogens (primary N) is 2. The van der Waals surface area contributed by atoms with Gasteiger partial charge in [-0.15, -0.1) is 0 Å². The molecule has 1 aromatic rings. The summed E-state index contributed by atoms with van der Waals surface area (Å²) in [6, 6.07) is 7.96. The number of benzene rings is 1. The van der Waals surface area contributed by atoms with E-state index in [9.17, 15) is 10.2 Å². The minimum Gasteiger partial charge on any atom is -0.394 e. The van der Waals surface area contributed by atoms with E-state index in [-0.39, 0.29) is 31.3 Å². The smallest absolute Gasteiger partial charge is 0.0930 e. The Morgan fingerprint density at radius 1 is 1.04 bits per heavy atom. The summed E-state index contributed by atoms with van der Waals surface area (Å²) in [6.07, 6.45) is 5.74. The summed E-state index contributed by atoms with van der Waals surface area (Å²) >= 11 is 0. The van der Waals surface area contributed by atoms with E-state index in [0.29, 0.717) is 6.42 Å². The first-order valence-electron chi connectivity index (χ1n) is 9.02. The Bertz CT molecular complexity index is 652. The van der Waals surface area contributed by atoms with E-state index in [1.807, 2.05) is 36.4 Å². The van der Waals surface area contributed by atoms with Crippen LogP contribution < -0.4 is 11.5 Å². The van der Waals surface area contributed by atoms with E-state index in [1.54, 1.807) is 0 Å². The predicted octanol–water partition coefficient (Wildman–Crippen LogP) is 3.08. The molecule has 0 radical (unpaired) electrons. The van der Waals surface area contributed by atoms with Crippen molar-refractivity contribution in [2.45, 2.75) is 53.3 Å². The Morgan fingerprint density at radius 3 is 2.15 bits per heavy atom. The zero-order valence-electron chi connectivity index (χ0n) is 15.7. The molecule has 0 spiro atoms. The van der Waals surface area contributed by atoms with Crippen molar-refractivity contribution in [2.24, 2.45) is 28.7 Å². The zero-order chi connectivity index (χ0) is 18.8. The molecule has 1 aromatic carbocycles. The normalized spacial score (nSPS) is 19.2. The van der Waals surface area contributed by atoms with Crippen LogP contribution in [0.1, 0.15) is 46.2 Å². The van der Waals surface area contributed by atoms with Gasteiger partial charge < -0.3 is 21.7 Å². The summed E-state index contributed by atoms with van der Waals surface area (Å²) in [7, 11) is 0. The fourth-order valence-corrected chi connectivity index (χ4v) is 4.27. The lowest BCUT2D eigenvalue weighted by molar-refractivity contribution is 0.0929. The third-order valence-corrected chi connectivity index (χ3v) is 5.59. The highest BCUT2D eigenvalue weighted by Gasteiger charge is 2.49. The van der Waals surface area contributed by atoms with Gasteiger partial charge in [-0.25, -0.2) is 0 Å². The lowest BCUT2D eigenvalue weighted by Gasteiger charge is -2.51. The van der Waals surface area contributed by atoms with E-state index in [4.69, 9.17) is 11.5 Å². The predicted molar refractivity (Wildman–Crippen MR) is 110 cm³/mol. The Hall–Kier alpha value is -1.46. The molecule has 6 N–H and O–H groups in total. The summed E-state index contributed by atoms with van der Waals surface area (Å²) < 4.78 is 0. The summed E-state index contributed by atoms with van der Waals surface area (Å²) in [5, 5.41) is 19.1. The van der Waals surface area contributed by atoms with E-state index < -0.39 is 11.8 Å². The number of aliphatic hydroxyl groups excluding tert-OH is 2. The lowest BCUT2D eigenvalue weighted by Crippen LogP contribution is -2.65. The van der Waals surface area contributed by atoms with Gasteiger partial charge in [0.25, 0.3) is 0 Å². The fraction of sp³-hybridized carbons (Fsp3) is 0.545. The number of rotatable bonds is 6. The molecule has 0 aromatic heterocycles. The van der Waals surface area contributed by atoms with Crippen LogP contribution in [-0.4, -0.2) is 28.6 Å². The molecule has 2 rings (SSSR count). The molecule has 26 heavy (non-hydrogen) atoms. The lowest BCUT2D eigenvalue weighted by atomic mass is 9.58. The number of allylic oxidation sites excluding steroid dienone is 2. The minimum atomic E-state index is -0.918. The van der Waals surface area contributed by atoms with Crippen LogP contribution in [-0.2, 0) is 6.42 Å². The van der Waals surface area contributed by atoms with Crippen LogP contribution in [0.4, 0.5) is 0 Å². The highest BCUT2D eigenvalue weighted by Crippen LogP contribution is 2.48. The van der Waals surface area contributed by atoms with Crippen molar-refractivity contribution in [1.82, 2.24) is 0 Å². The molecule has 0 saturated heterocycles. The quantitative estimate of drug-likeness (QED) is 0.587. The van der Waals surface area contributed by atoms with Gasteiger partial charge in [-0.1, -0.05) is 71.5 Å². The van der Waals surface area contributed by atoms with Crippen LogP contribution in [0.2, 0.25) is 0 Å². The van der Waals surface area contributed by atoms with Gasteiger partial charge in [0.15, 0.2) is 0 Å². The second-order valence-corrected chi connectivity index (χ2v) is 7.81. The van der Waals surface area contributed by atoms with Gasteiger partial charge in [0, 0.05) is 11.8 Å². The van der Waals surface area contributed by atoms with Crippen LogP contribution in [0.25, 0.3) is 5.57 Å². The maximum Gasteiger partial charge on any atom is 0.0930 e. The van der Waals surface area contributed by atoms with Crippen LogP contribution >= 0.6 is 0 Å². The second-order valence-electron chi connectivity index (χ2n) is 7.81. The van der Waals surface area contributed by atoms with Crippen LogP contribution in [0.15, 0.2) is 42.5 Å². The molecular weight excluding hydrogens is 324 g/mol. The van der Waals surface area contributed by atoms with Crippen LogP contribution in [0.5, 0.6) is 0 Å². The molecule has 4 heteroatoms. The second kappa shape index (κ2) is 8.49. The zero-order valence-corrected chi connectivity index (χ0v) is 15.7. The third-order valence-electron chi connectivity index (χ3n) is 5.59. The number of hydrogen-bond acceptors (Lipinski definition) is 4. The van der Waals surface area contributed by atoms with Crippen LogP contribution in [0.3, 0.4) is 0 Å². The molecule has 1 aliphatic rings. The molecular formula is C22H36N2O2. The van der Waals surface area contributed by atoms with Crippen molar-refractivity contribution in [1.29, 1.82) is 0 Å². The Labute approximate surface area is 158 Å². The van der Waals surface area contributed by atoms with Gasteiger partial charge in [-0.05, 0) is 34.6 Å². The molecule has 0 fully saturated rings. The largest absolute Gasteiger partial charge is 0.394 e. The van der Waals surface area contributed by atoms with E-state index in [1.165, 1.54) is 0 Å². The highest BCUT2D eigenvalue weighted by atomic mass is 16.3. The molecule has 0 saturated carbocycles. The Kier molecular flexibility index (Phi) is 7.37. The first kappa shape index (κ1) is 22.6. The Balaban J connectivity index is 0.00000338. The first-order valence-corrected chi connectivity index (χ1v) is 9.02. The van der Waals surface area contributed by atoms with Crippen molar-refractivity contribution in [2.75, 3.05) is 6.61 Å². The molecule has 0 heterocycles.